The number of halogens is 1. The molecule has 3 heteroatoms. The molecule has 0 heterocycles. The Morgan fingerprint density at radius 2 is 1.04 bits per heavy atom. The van der Waals surface area contributed by atoms with Gasteiger partial charge in [0.05, 0.1) is 6.16 Å². The third-order valence-corrected chi connectivity index (χ3v) is 9.39. The molecule has 0 aromatic heterocycles. The molecular weight excluding hydrogens is 415 g/mol. The van der Waals surface area contributed by atoms with Crippen LogP contribution < -0.4 is 32.9 Å². The van der Waals surface area contributed by atoms with Crippen molar-refractivity contribution in [1.29, 1.82) is 0 Å². The molecule has 0 aliphatic carbocycles. The van der Waals surface area contributed by atoms with Crippen molar-refractivity contribution >= 4 is 29.0 Å². The Morgan fingerprint density at radius 1 is 0.667 bits per heavy atom. The molecule has 27 heavy (non-hydrogen) atoms. The van der Waals surface area contributed by atoms with Gasteiger partial charge >= 0.3 is 0 Å². The van der Waals surface area contributed by atoms with Crippen molar-refractivity contribution in [2.45, 2.75) is 26.2 Å². The summed E-state index contributed by atoms with van der Waals surface area (Å²) in [6.45, 7) is 1.69. The predicted molar refractivity (Wildman–Crippen MR) is 115 cm³/mol. The maximum absolute atomic E-state index is 11.4. The van der Waals surface area contributed by atoms with Crippen LogP contribution in [0, 0.1) is 0 Å². The molecule has 0 saturated heterocycles. The normalized spacial score (nSPS) is 10.9. The third-order valence-electron chi connectivity index (χ3n) is 4.86. The molecule has 0 N–H and O–H groups in total. The molecule has 0 atom stereocenters. The zero-order chi connectivity index (χ0) is 18.2. The first-order chi connectivity index (χ1) is 12.7. The Bertz CT molecular complexity index is 722. The maximum Gasteiger partial charge on any atom is 0.129 e. The van der Waals surface area contributed by atoms with Gasteiger partial charge in [-0.2, -0.15) is 0 Å². The molecule has 0 aliphatic heterocycles. The highest BCUT2D eigenvalue weighted by Crippen LogP contribution is 2.55. The van der Waals surface area contributed by atoms with Gasteiger partial charge in [0, 0.05) is 6.42 Å². The van der Waals surface area contributed by atoms with Crippen LogP contribution in [0.2, 0.25) is 0 Å². The molecule has 0 fully saturated rings. The molecule has 140 valence electrons. The summed E-state index contributed by atoms with van der Waals surface area (Å²) < 4.78 is 0. The van der Waals surface area contributed by atoms with Gasteiger partial charge in [-0.25, -0.2) is 0 Å². The summed E-state index contributed by atoms with van der Waals surface area (Å²) in [4.78, 5) is 11.4. The van der Waals surface area contributed by atoms with E-state index in [9.17, 15) is 4.79 Å². The van der Waals surface area contributed by atoms with Crippen LogP contribution in [-0.2, 0) is 4.79 Å². The van der Waals surface area contributed by atoms with Gasteiger partial charge in [-0.3, -0.25) is 0 Å². The zero-order valence-corrected chi connectivity index (χ0v) is 18.2. The fourth-order valence-electron chi connectivity index (χ4n) is 3.60. The van der Waals surface area contributed by atoms with Crippen LogP contribution in [-0.4, -0.2) is 11.9 Å². The highest BCUT2D eigenvalue weighted by Gasteiger charge is 2.44. The van der Waals surface area contributed by atoms with E-state index in [0.29, 0.717) is 6.42 Å². The summed E-state index contributed by atoms with van der Waals surface area (Å²) in [5.74, 6) is 0.285. The summed E-state index contributed by atoms with van der Waals surface area (Å²) in [6.07, 6.45) is 3.80. The van der Waals surface area contributed by atoms with Gasteiger partial charge in [0.2, 0.25) is 0 Å². The molecular formula is C24H26BrOP. The SMILES string of the molecule is CC(=O)CCCC[P+](c1ccccc1)(c1ccccc1)c1ccccc1.[Br-]. The van der Waals surface area contributed by atoms with E-state index in [2.05, 4.69) is 91.0 Å². The van der Waals surface area contributed by atoms with E-state index < -0.39 is 7.26 Å². The number of benzene rings is 3. The summed E-state index contributed by atoms with van der Waals surface area (Å²) in [5, 5.41) is 4.25. The lowest BCUT2D eigenvalue weighted by molar-refractivity contribution is -0.117. The summed E-state index contributed by atoms with van der Waals surface area (Å²) in [6, 6.07) is 32.8. The lowest BCUT2D eigenvalue weighted by atomic mass is 10.2. The van der Waals surface area contributed by atoms with E-state index in [1.54, 1.807) is 6.92 Å². The number of hydrogen-bond donors (Lipinski definition) is 0. The minimum atomic E-state index is -1.72. The molecule has 0 aliphatic rings. The molecule has 3 aromatic rings. The van der Waals surface area contributed by atoms with Crippen LogP contribution >= 0.6 is 7.26 Å². The van der Waals surface area contributed by atoms with Crippen molar-refractivity contribution in [1.82, 2.24) is 0 Å². The first-order valence-corrected chi connectivity index (χ1v) is 11.3. The smallest absolute Gasteiger partial charge is 0.129 e. The first-order valence-electron chi connectivity index (χ1n) is 9.28. The number of hydrogen-bond acceptors (Lipinski definition) is 1. The maximum atomic E-state index is 11.4. The van der Waals surface area contributed by atoms with Crippen molar-refractivity contribution in [2.75, 3.05) is 6.16 Å². The fraction of sp³-hybridized carbons (Fsp3) is 0.208. The Morgan fingerprint density at radius 3 is 1.37 bits per heavy atom. The van der Waals surface area contributed by atoms with Gasteiger partial charge in [0.25, 0.3) is 0 Å². The largest absolute Gasteiger partial charge is 1.00 e. The lowest BCUT2D eigenvalue weighted by Crippen LogP contribution is -3.00. The van der Waals surface area contributed by atoms with E-state index in [4.69, 9.17) is 0 Å². The number of ketones is 1. The zero-order valence-electron chi connectivity index (χ0n) is 15.7. The molecule has 1 nitrogen and oxygen atoms in total. The topological polar surface area (TPSA) is 17.1 Å². The monoisotopic (exact) mass is 440 g/mol. The van der Waals surface area contributed by atoms with Crippen LogP contribution in [0.4, 0.5) is 0 Å². The molecule has 0 amide bonds. The third kappa shape index (κ3) is 5.15. The lowest BCUT2D eigenvalue weighted by Gasteiger charge is -2.27. The number of rotatable bonds is 8. The van der Waals surface area contributed by atoms with Crippen molar-refractivity contribution < 1.29 is 21.8 Å². The van der Waals surface area contributed by atoms with Gasteiger partial charge in [-0.05, 0) is 56.2 Å². The highest BCUT2D eigenvalue weighted by atomic mass is 79.9. The minimum absolute atomic E-state index is 0. The van der Waals surface area contributed by atoms with E-state index in [1.807, 2.05) is 0 Å². The summed E-state index contributed by atoms with van der Waals surface area (Å²) in [7, 11) is -1.72. The average molecular weight is 441 g/mol. The molecule has 3 rings (SSSR count). The number of carbonyl (C=O) groups is 1. The van der Waals surface area contributed by atoms with E-state index in [-0.39, 0.29) is 22.8 Å². The minimum Gasteiger partial charge on any atom is -1.00 e. The van der Waals surface area contributed by atoms with Gasteiger partial charge in [-0.15, -0.1) is 0 Å². The predicted octanol–water partition coefficient (Wildman–Crippen LogP) is 1.74. The van der Waals surface area contributed by atoms with Crippen LogP contribution in [0.1, 0.15) is 26.2 Å². The van der Waals surface area contributed by atoms with Crippen LogP contribution in [0.5, 0.6) is 0 Å². The second kappa shape index (κ2) is 10.5. The quantitative estimate of drug-likeness (QED) is 0.385. The van der Waals surface area contributed by atoms with E-state index in [0.717, 1.165) is 19.0 Å². The van der Waals surface area contributed by atoms with Gasteiger partial charge in [-0.1, -0.05) is 54.6 Å². The molecule has 0 bridgehead atoms. The van der Waals surface area contributed by atoms with Crippen LogP contribution in [0.25, 0.3) is 0 Å². The van der Waals surface area contributed by atoms with Crippen molar-refractivity contribution in [3.8, 4) is 0 Å². The van der Waals surface area contributed by atoms with E-state index in [1.165, 1.54) is 15.9 Å². The molecule has 0 spiro atoms. The van der Waals surface area contributed by atoms with Crippen molar-refractivity contribution in [3.05, 3.63) is 91.0 Å². The standard InChI is InChI=1S/C24H26OP.BrH/c1-21(25)13-11-12-20-26(22-14-5-2-6-15-22,23-16-7-3-8-17-23)24-18-9-4-10-19-24;/h2-10,14-19H,11-13,20H2,1H3;1H/q+1;/p-1. The second-order valence-electron chi connectivity index (χ2n) is 6.70. The van der Waals surface area contributed by atoms with Gasteiger partial charge in [0.1, 0.15) is 29.0 Å². The fourth-order valence-corrected chi connectivity index (χ4v) is 8.02. The highest BCUT2D eigenvalue weighted by molar-refractivity contribution is 7.95. The van der Waals surface area contributed by atoms with Crippen molar-refractivity contribution in [3.63, 3.8) is 0 Å². The van der Waals surface area contributed by atoms with E-state index >= 15 is 0 Å². The molecule has 0 radical (unpaired) electrons. The average Bonchev–Trinajstić information content (AvgIpc) is 2.70. The molecule has 0 saturated carbocycles. The number of Topliss-reactive ketones (excluding diaryl/α,β-unsaturated/α-hetero) is 1. The Balaban J connectivity index is 0.00000261. The van der Waals surface area contributed by atoms with Gasteiger partial charge < -0.3 is 21.8 Å². The Labute approximate surface area is 173 Å². The summed E-state index contributed by atoms with van der Waals surface area (Å²) in [5.41, 5.74) is 0. The molecule has 3 aromatic carbocycles. The second-order valence-corrected chi connectivity index (χ2v) is 10.3. The van der Waals surface area contributed by atoms with Crippen molar-refractivity contribution in [2.24, 2.45) is 0 Å². The summed E-state index contributed by atoms with van der Waals surface area (Å²) >= 11 is 0. The Hall–Kier alpha value is -1.76. The number of unbranched alkanes of at least 4 members (excludes halogenated alkanes) is 1. The van der Waals surface area contributed by atoms with Crippen LogP contribution in [0.15, 0.2) is 91.0 Å². The van der Waals surface area contributed by atoms with Crippen LogP contribution in [0.3, 0.4) is 0 Å². The van der Waals surface area contributed by atoms with Gasteiger partial charge in [0.15, 0.2) is 0 Å². The number of carbonyl (C=O) groups excluding carboxylic acids is 1. The Kier molecular flexibility index (Phi) is 8.41. The molecule has 0 unspecified atom stereocenters. The first kappa shape index (κ1) is 21.5.